The summed E-state index contributed by atoms with van der Waals surface area (Å²) in [5, 5.41) is 8.64. The van der Waals surface area contributed by atoms with Crippen LogP contribution in [0.2, 0.25) is 0 Å². The van der Waals surface area contributed by atoms with Gasteiger partial charge in [-0.25, -0.2) is 9.98 Å². The van der Waals surface area contributed by atoms with Crippen LogP contribution in [0.15, 0.2) is 57.0 Å². The number of aliphatic imine (C=N–C) groups is 2. The SMILES string of the molecule is C=N/C(=N\C(=N)c1ccc(C(F)(F)P)cc1)C1=CC(CC)CC=C1Cl. The molecule has 1 aliphatic carbocycles. The Labute approximate surface area is 153 Å². The van der Waals surface area contributed by atoms with Gasteiger partial charge in [0, 0.05) is 21.7 Å². The average Bonchev–Trinajstić information content (AvgIpc) is 2.59. The number of nitrogens with one attached hydrogen (secondary N) is 1. The molecule has 1 aromatic carbocycles. The molecule has 1 aromatic rings. The van der Waals surface area contributed by atoms with Crippen LogP contribution in [0, 0.1) is 11.3 Å². The average molecular weight is 382 g/mol. The molecular weight excluding hydrogens is 363 g/mol. The predicted octanol–water partition coefficient (Wildman–Crippen LogP) is 5.51. The first-order valence-electron chi connectivity index (χ1n) is 7.76. The molecule has 132 valence electrons. The molecule has 0 bridgehead atoms. The van der Waals surface area contributed by atoms with Crippen molar-refractivity contribution in [3.05, 3.63) is 58.1 Å². The van der Waals surface area contributed by atoms with Crippen molar-refractivity contribution in [3.63, 3.8) is 0 Å². The monoisotopic (exact) mass is 381 g/mol. The molecule has 3 nitrogen and oxygen atoms in total. The van der Waals surface area contributed by atoms with Gasteiger partial charge >= 0.3 is 0 Å². The van der Waals surface area contributed by atoms with Crippen LogP contribution in [0.1, 0.15) is 30.9 Å². The Balaban J connectivity index is 2.30. The van der Waals surface area contributed by atoms with Crippen molar-refractivity contribution in [1.29, 1.82) is 5.41 Å². The van der Waals surface area contributed by atoms with Gasteiger partial charge in [-0.1, -0.05) is 64.2 Å². The zero-order chi connectivity index (χ0) is 18.6. The summed E-state index contributed by atoms with van der Waals surface area (Å²) in [6.07, 6.45) is 5.70. The highest BCUT2D eigenvalue weighted by Gasteiger charge is 2.24. The predicted molar refractivity (Wildman–Crippen MR) is 104 cm³/mol. The van der Waals surface area contributed by atoms with E-state index in [9.17, 15) is 8.78 Å². The van der Waals surface area contributed by atoms with Crippen LogP contribution in [0.5, 0.6) is 0 Å². The smallest absolute Gasteiger partial charge is 0.282 e. The molecule has 0 fully saturated rings. The van der Waals surface area contributed by atoms with Crippen molar-refractivity contribution >= 4 is 39.2 Å². The van der Waals surface area contributed by atoms with Gasteiger partial charge in [0.1, 0.15) is 0 Å². The number of amidine groups is 2. The number of alkyl halides is 2. The minimum atomic E-state index is -3.00. The summed E-state index contributed by atoms with van der Waals surface area (Å²) in [6.45, 7) is 5.59. The lowest BCUT2D eigenvalue weighted by Crippen LogP contribution is -2.11. The van der Waals surface area contributed by atoms with Crippen molar-refractivity contribution in [3.8, 4) is 0 Å². The Morgan fingerprint density at radius 2 is 2.04 bits per heavy atom. The second-order valence-corrected chi connectivity index (χ2v) is 6.81. The Bertz CT molecular complexity index is 762. The molecule has 0 spiro atoms. The third-order valence-corrected chi connectivity index (χ3v) is 4.63. The second-order valence-electron chi connectivity index (χ2n) is 5.68. The van der Waals surface area contributed by atoms with E-state index in [0.717, 1.165) is 12.8 Å². The van der Waals surface area contributed by atoms with Gasteiger partial charge in [0.05, 0.1) is 0 Å². The van der Waals surface area contributed by atoms with Crippen LogP contribution in [-0.2, 0) is 5.66 Å². The van der Waals surface area contributed by atoms with E-state index in [1.54, 1.807) is 0 Å². The lowest BCUT2D eigenvalue weighted by Gasteiger charge is -2.17. The van der Waals surface area contributed by atoms with Crippen molar-refractivity contribution in [2.75, 3.05) is 0 Å². The summed E-state index contributed by atoms with van der Waals surface area (Å²) in [5.74, 6) is 0.497. The van der Waals surface area contributed by atoms with E-state index in [1.807, 2.05) is 12.2 Å². The molecule has 0 saturated carbocycles. The molecule has 0 heterocycles. The number of hydrogen-bond acceptors (Lipinski definition) is 1. The zero-order valence-corrected chi connectivity index (χ0v) is 15.7. The third-order valence-electron chi connectivity index (χ3n) is 3.94. The lowest BCUT2D eigenvalue weighted by molar-refractivity contribution is 0.104. The standard InChI is InChI=1S/C18H19ClF2N3P/c1-3-11-4-9-15(19)14(10-11)17(23-2)24-16(22)12-5-7-13(8-6-12)18(20,21)25/h5-11,22H,2-4,25H2,1H3/b22-16?,24-17-. The van der Waals surface area contributed by atoms with Gasteiger partial charge in [0.15, 0.2) is 11.7 Å². The quantitative estimate of drug-likeness (QED) is 0.406. The van der Waals surface area contributed by atoms with Crippen LogP contribution in [0.3, 0.4) is 0 Å². The normalized spacial score (nSPS) is 18.4. The first kappa shape index (κ1) is 19.6. The molecule has 0 radical (unpaired) electrons. The highest BCUT2D eigenvalue weighted by atomic mass is 35.5. The lowest BCUT2D eigenvalue weighted by atomic mass is 9.93. The highest BCUT2D eigenvalue weighted by Crippen LogP contribution is 2.34. The Hall–Kier alpha value is -1.71. The summed E-state index contributed by atoms with van der Waals surface area (Å²) in [5.41, 5.74) is -2.10. The number of rotatable bonds is 4. The topological polar surface area (TPSA) is 48.6 Å². The molecule has 2 rings (SSSR count). The van der Waals surface area contributed by atoms with E-state index in [-0.39, 0.29) is 17.2 Å². The minimum Gasteiger partial charge on any atom is -0.282 e. The fourth-order valence-corrected chi connectivity index (χ4v) is 2.84. The van der Waals surface area contributed by atoms with Crippen LogP contribution < -0.4 is 0 Å². The van der Waals surface area contributed by atoms with Crippen molar-refractivity contribution in [2.24, 2.45) is 15.9 Å². The van der Waals surface area contributed by atoms with Crippen molar-refractivity contribution < 1.29 is 8.78 Å². The third kappa shape index (κ3) is 4.90. The van der Waals surface area contributed by atoms with Gasteiger partial charge in [0.25, 0.3) is 5.66 Å². The van der Waals surface area contributed by atoms with Crippen LogP contribution in [-0.4, -0.2) is 18.4 Å². The van der Waals surface area contributed by atoms with E-state index in [0.29, 0.717) is 22.1 Å². The molecule has 7 heteroatoms. The summed E-state index contributed by atoms with van der Waals surface area (Å²) in [7, 11) is 1.49. The number of nitrogens with zero attached hydrogens (tertiary/aromatic N) is 2. The molecule has 0 aromatic heterocycles. The molecule has 1 aliphatic rings. The van der Waals surface area contributed by atoms with Gasteiger partial charge in [-0.2, -0.15) is 8.78 Å². The molecular formula is C18H19ClF2N3P. The molecule has 0 amide bonds. The number of hydrogen-bond donors (Lipinski definition) is 1. The van der Waals surface area contributed by atoms with Gasteiger partial charge in [-0.15, -0.1) is 0 Å². The van der Waals surface area contributed by atoms with Crippen LogP contribution >= 0.6 is 20.8 Å². The largest absolute Gasteiger partial charge is 0.283 e. The Morgan fingerprint density at radius 3 is 2.56 bits per heavy atom. The fourth-order valence-electron chi connectivity index (χ4n) is 2.42. The Morgan fingerprint density at radius 1 is 1.40 bits per heavy atom. The number of allylic oxidation sites excluding steroid dienone is 2. The number of halogens is 3. The summed E-state index contributed by atoms with van der Waals surface area (Å²) in [4.78, 5) is 8.08. The van der Waals surface area contributed by atoms with E-state index >= 15 is 0 Å². The van der Waals surface area contributed by atoms with Gasteiger partial charge in [0.2, 0.25) is 0 Å². The van der Waals surface area contributed by atoms with E-state index in [1.165, 1.54) is 33.5 Å². The zero-order valence-electron chi connectivity index (χ0n) is 13.8. The van der Waals surface area contributed by atoms with Gasteiger partial charge < -0.3 is 0 Å². The first-order valence-corrected chi connectivity index (χ1v) is 8.71. The first-order chi connectivity index (χ1) is 11.8. The van der Waals surface area contributed by atoms with Crippen molar-refractivity contribution in [1.82, 2.24) is 0 Å². The molecule has 2 atom stereocenters. The van der Waals surface area contributed by atoms with E-state index < -0.39 is 5.66 Å². The highest BCUT2D eigenvalue weighted by molar-refractivity contribution is 7.17. The fraction of sp³-hybridized carbons (Fsp3) is 0.278. The molecule has 0 aliphatic heterocycles. The van der Waals surface area contributed by atoms with Gasteiger partial charge in [-0.3, -0.25) is 5.41 Å². The molecule has 0 saturated heterocycles. The second kappa shape index (κ2) is 8.11. The minimum absolute atomic E-state index is 0.0926. The number of benzene rings is 1. The molecule has 2 unspecified atom stereocenters. The maximum atomic E-state index is 13.2. The van der Waals surface area contributed by atoms with E-state index in [4.69, 9.17) is 17.0 Å². The van der Waals surface area contributed by atoms with Crippen LogP contribution in [0.25, 0.3) is 0 Å². The molecule has 25 heavy (non-hydrogen) atoms. The summed E-state index contributed by atoms with van der Waals surface area (Å²) < 4.78 is 26.5. The summed E-state index contributed by atoms with van der Waals surface area (Å²) >= 11 is 6.25. The molecule has 1 N–H and O–H groups in total. The van der Waals surface area contributed by atoms with Crippen LogP contribution in [0.4, 0.5) is 8.78 Å². The summed E-state index contributed by atoms with van der Waals surface area (Å²) in [6, 6.07) is 5.41. The van der Waals surface area contributed by atoms with Crippen molar-refractivity contribution in [2.45, 2.75) is 25.4 Å². The van der Waals surface area contributed by atoms with E-state index in [2.05, 4.69) is 23.6 Å². The van der Waals surface area contributed by atoms with Gasteiger partial charge in [-0.05, 0) is 25.5 Å². The Kier molecular flexibility index (Phi) is 6.36. The maximum Gasteiger partial charge on any atom is 0.283 e. The maximum absolute atomic E-state index is 13.2.